The molecule has 0 aliphatic heterocycles. The molecule has 8 heteroatoms. The van der Waals surface area contributed by atoms with E-state index >= 15 is 0 Å². The van der Waals surface area contributed by atoms with Crippen LogP contribution in [0.3, 0.4) is 0 Å². The van der Waals surface area contributed by atoms with Gasteiger partial charge in [0.2, 0.25) is 17.7 Å². The number of nitrogens with two attached hydrogens (primary N) is 1. The minimum Gasteiger partial charge on any atom is -0.367 e. The molecule has 0 spiro atoms. The highest BCUT2D eigenvalue weighted by atomic mass is 32.1. The van der Waals surface area contributed by atoms with E-state index in [2.05, 4.69) is 10.3 Å². The second-order valence-corrected chi connectivity index (χ2v) is 10.5. The smallest absolute Gasteiger partial charge is 0.248 e. The topological polar surface area (TPSA) is 105 Å². The monoisotopic (exact) mass is 492 g/mol. The first-order chi connectivity index (χ1) is 16.5. The van der Waals surface area contributed by atoms with Crippen LogP contribution < -0.4 is 16.0 Å². The fourth-order valence-electron chi connectivity index (χ4n) is 4.43. The van der Waals surface area contributed by atoms with Crippen molar-refractivity contribution < 1.29 is 14.4 Å². The van der Waals surface area contributed by atoms with Gasteiger partial charge in [0.05, 0.1) is 0 Å². The first-order valence-electron chi connectivity index (χ1n) is 11.4. The van der Waals surface area contributed by atoms with E-state index in [4.69, 9.17) is 5.73 Å². The van der Waals surface area contributed by atoms with Crippen LogP contribution in [0.4, 0.5) is 10.8 Å². The minimum atomic E-state index is -1.50. The number of carbonyl (C=O) groups is 3. The van der Waals surface area contributed by atoms with Crippen LogP contribution in [0.15, 0.2) is 60.1 Å². The average Bonchev–Trinajstić information content (AvgIpc) is 3.29. The second kappa shape index (κ2) is 10.4. The van der Waals surface area contributed by atoms with Crippen molar-refractivity contribution in [2.24, 2.45) is 11.1 Å². The van der Waals surface area contributed by atoms with Crippen LogP contribution >= 0.6 is 11.3 Å². The number of amides is 3. The molecule has 3 N–H and O–H groups in total. The summed E-state index contributed by atoms with van der Waals surface area (Å²) in [6, 6.07) is 14.9. The van der Waals surface area contributed by atoms with E-state index in [-0.39, 0.29) is 24.7 Å². The van der Waals surface area contributed by atoms with Crippen molar-refractivity contribution in [3.8, 4) is 0 Å². The van der Waals surface area contributed by atoms with Gasteiger partial charge in [-0.3, -0.25) is 19.3 Å². The Labute approximate surface area is 210 Å². The van der Waals surface area contributed by atoms with Gasteiger partial charge in [-0.2, -0.15) is 0 Å². The van der Waals surface area contributed by atoms with E-state index in [1.54, 1.807) is 17.6 Å². The highest BCUT2D eigenvalue weighted by Gasteiger charge is 2.55. The molecule has 7 nitrogen and oxygen atoms in total. The zero-order valence-corrected chi connectivity index (χ0v) is 21.6. The van der Waals surface area contributed by atoms with E-state index in [0.29, 0.717) is 16.4 Å². The van der Waals surface area contributed by atoms with Crippen LogP contribution in [-0.2, 0) is 19.9 Å². The molecule has 1 aromatic heterocycles. The van der Waals surface area contributed by atoms with E-state index < -0.39 is 16.9 Å². The van der Waals surface area contributed by atoms with E-state index in [1.165, 1.54) is 16.2 Å². The lowest BCUT2D eigenvalue weighted by Gasteiger charge is -2.50. The number of benzene rings is 2. The molecule has 184 valence electrons. The van der Waals surface area contributed by atoms with Crippen molar-refractivity contribution in [1.82, 2.24) is 4.98 Å². The number of aryl methyl sites for hydroxylation is 2. The fraction of sp³-hybridized carbons (Fsp3) is 0.333. The molecular weight excluding hydrogens is 460 g/mol. The lowest BCUT2D eigenvalue weighted by Crippen LogP contribution is -2.64. The molecule has 3 aromatic rings. The summed E-state index contributed by atoms with van der Waals surface area (Å²) >= 11 is 1.30. The molecule has 1 atom stereocenters. The van der Waals surface area contributed by atoms with Crippen LogP contribution in [0.25, 0.3) is 0 Å². The van der Waals surface area contributed by atoms with Gasteiger partial charge in [-0.05, 0) is 36.5 Å². The molecule has 0 aliphatic rings. The van der Waals surface area contributed by atoms with Gasteiger partial charge in [-0.25, -0.2) is 4.98 Å². The van der Waals surface area contributed by atoms with Crippen molar-refractivity contribution in [2.75, 3.05) is 10.2 Å². The third-order valence-electron chi connectivity index (χ3n) is 6.10. The Hall–Kier alpha value is -3.52. The second-order valence-electron chi connectivity index (χ2n) is 9.59. The van der Waals surface area contributed by atoms with Crippen molar-refractivity contribution in [1.29, 1.82) is 0 Å². The van der Waals surface area contributed by atoms with Gasteiger partial charge in [0, 0.05) is 30.1 Å². The molecule has 0 radical (unpaired) electrons. The van der Waals surface area contributed by atoms with Gasteiger partial charge in [0.25, 0.3) is 0 Å². The average molecular weight is 493 g/mol. The lowest BCUT2D eigenvalue weighted by molar-refractivity contribution is -0.133. The highest BCUT2D eigenvalue weighted by Crippen LogP contribution is 2.47. The number of para-hydroxylation sites is 1. The lowest BCUT2D eigenvalue weighted by atomic mass is 9.67. The molecule has 1 unspecified atom stereocenters. The minimum absolute atomic E-state index is 0.0618. The summed E-state index contributed by atoms with van der Waals surface area (Å²) in [6.45, 7) is 9.52. The first kappa shape index (κ1) is 26.1. The third kappa shape index (κ3) is 5.27. The fourth-order valence-corrected chi connectivity index (χ4v) is 4.98. The van der Waals surface area contributed by atoms with Crippen LogP contribution in [0.2, 0.25) is 0 Å². The van der Waals surface area contributed by atoms with Gasteiger partial charge in [-0.15, -0.1) is 11.3 Å². The van der Waals surface area contributed by atoms with E-state index in [0.717, 1.165) is 11.1 Å². The van der Waals surface area contributed by atoms with E-state index in [1.807, 2.05) is 77.1 Å². The molecule has 1 heterocycles. The van der Waals surface area contributed by atoms with Gasteiger partial charge >= 0.3 is 0 Å². The number of rotatable bonds is 8. The molecule has 0 saturated heterocycles. The van der Waals surface area contributed by atoms with Gasteiger partial charge in [0.1, 0.15) is 0 Å². The quantitative estimate of drug-likeness (QED) is 0.465. The Morgan fingerprint density at radius 3 is 2.20 bits per heavy atom. The van der Waals surface area contributed by atoms with E-state index in [9.17, 15) is 14.4 Å². The predicted octanol–water partition coefficient (Wildman–Crippen LogP) is 4.94. The molecule has 0 aliphatic carbocycles. The molecule has 2 aromatic carbocycles. The van der Waals surface area contributed by atoms with Crippen molar-refractivity contribution in [3.05, 3.63) is 76.8 Å². The highest BCUT2D eigenvalue weighted by molar-refractivity contribution is 7.13. The Balaban J connectivity index is 2.12. The number of nitrogens with one attached hydrogen (secondary N) is 1. The van der Waals surface area contributed by atoms with Crippen LogP contribution in [0, 0.1) is 19.3 Å². The number of thiazole rings is 1. The molecule has 0 bridgehead atoms. The Morgan fingerprint density at radius 1 is 1.00 bits per heavy atom. The van der Waals surface area contributed by atoms with Gasteiger partial charge in [0.15, 0.2) is 10.7 Å². The number of aromatic nitrogens is 1. The predicted molar refractivity (Wildman–Crippen MR) is 140 cm³/mol. The first-order valence-corrected chi connectivity index (χ1v) is 12.3. The zero-order chi connectivity index (χ0) is 25.8. The molecule has 35 heavy (non-hydrogen) atoms. The molecule has 3 rings (SSSR count). The van der Waals surface area contributed by atoms with Gasteiger partial charge in [-0.1, -0.05) is 68.8 Å². The SMILES string of the molecule is Cc1ccc(C(C(N)=O)(N(C(=O)CCC(=O)Nc2nccs2)c2ccccc2C)C(C)(C)C)cc1. The number of anilines is 2. The maximum atomic E-state index is 14.0. The summed E-state index contributed by atoms with van der Waals surface area (Å²) in [4.78, 5) is 45.5. The van der Waals surface area contributed by atoms with Crippen LogP contribution in [0.5, 0.6) is 0 Å². The molecule has 0 fully saturated rings. The number of carbonyl (C=O) groups excluding carboxylic acids is 3. The van der Waals surface area contributed by atoms with Crippen molar-refractivity contribution in [3.63, 3.8) is 0 Å². The van der Waals surface area contributed by atoms with Crippen molar-refractivity contribution >= 4 is 39.9 Å². The Kier molecular flexibility index (Phi) is 7.75. The molecule has 0 saturated carbocycles. The van der Waals surface area contributed by atoms with Gasteiger partial charge < -0.3 is 11.1 Å². The summed E-state index contributed by atoms with van der Waals surface area (Å²) in [5, 5.41) is 4.93. The summed E-state index contributed by atoms with van der Waals surface area (Å²) in [5.74, 6) is -1.34. The van der Waals surface area contributed by atoms with Crippen LogP contribution in [0.1, 0.15) is 50.3 Å². The number of hydrogen-bond acceptors (Lipinski definition) is 5. The summed E-state index contributed by atoms with van der Waals surface area (Å²) in [6.07, 6.45) is 1.42. The number of nitrogens with zero attached hydrogens (tertiary/aromatic N) is 2. The summed E-state index contributed by atoms with van der Waals surface area (Å²) in [5.41, 5.74) is 6.92. The normalized spacial score (nSPS) is 13.1. The molecular formula is C27H32N4O3S. The van der Waals surface area contributed by atoms with Crippen LogP contribution in [-0.4, -0.2) is 22.7 Å². The standard InChI is InChI=1S/C27H32N4O3S/c1-18-10-12-20(13-11-18)27(24(28)34,26(3,4)5)31(21-9-7-6-8-19(21)2)23(33)15-14-22(32)30-25-29-16-17-35-25/h6-13,16-17H,14-15H2,1-5H3,(H2,28,34)(H,29,30,32). The molecule has 3 amide bonds. The maximum Gasteiger partial charge on any atom is 0.248 e. The zero-order valence-electron chi connectivity index (χ0n) is 20.8. The third-order valence-corrected chi connectivity index (χ3v) is 6.79. The Morgan fingerprint density at radius 2 is 1.66 bits per heavy atom. The number of hydrogen-bond donors (Lipinski definition) is 2. The largest absolute Gasteiger partial charge is 0.367 e. The number of primary amides is 1. The Bertz CT molecular complexity index is 1200. The summed E-state index contributed by atoms with van der Waals surface area (Å²) in [7, 11) is 0. The van der Waals surface area contributed by atoms with Crippen molar-refractivity contribution in [2.45, 2.75) is 53.0 Å². The summed E-state index contributed by atoms with van der Waals surface area (Å²) < 4.78 is 0. The maximum absolute atomic E-state index is 14.0.